The predicted octanol–water partition coefficient (Wildman–Crippen LogP) is 2.62. The maximum atomic E-state index is 11.8. The van der Waals surface area contributed by atoms with Crippen molar-refractivity contribution < 1.29 is 9.59 Å². The van der Waals surface area contributed by atoms with Gasteiger partial charge >= 0.3 is 0 Å². The van der Waals surface area contributed by atoms with Crippen LogP contribution in [0, 0.1) is 0 Å². The molecule has 0 bridgehead atoms. The van der Waals surface area contributed by atoms with Gasteiger partial charge < -0.3 is 10.2 Å². The van der Waals surface area contributed by atoms with Crippen molar-refractivity contribution in [1.29, 1.82) is 0 Å². The lowest BCUT2D eigenvalue weighted by Crippen LogP contribution is -2.40. The summed E-state index contributed by atoms with van der Waals surface area (Å²) in [5.74, 6) is -0.381. The number of benzene rings is 1. The van der Waals surface area contributed by atoms with Gasteiger partial charge in [-0.05, 0) is 31.0 Å². The Kier molecular flexibility index (Phi) is 4.32. The third-order valence-corrected chi connectivity index (χ3v) is 3.58. The van der Waals surface area contributed by atoms with E-state index in [-0.39, 0.29) is 24.4 Å². The molecule has 1 fully saturated rings. The van der Waals surface area contributed by atoms with E-state index < -0.39 is 0 Å². The van der Waals surface area contributed by atoms with Crippen LogP contribution in [-0.2, 0) is 9.59 Å². The van der Waals surface area contributed by atoms with Crippen LogP contribution >= 0.6 is 23.2 Å². The van der Waals surface area contributed by atoms with Crippen molar-refractivity contribution >= 4 is 40.7 Å². The second-order valence-electron chi connectivity index (χ2n) is 4.55. The topological polar surface area (TPSA) is 49.4 Å². The molecule has 2 amide bonds. The van der Waals surface area contributed by atoms with Gasteiger partial charge in [0.2, 0.25) is 11.8 Å². The molecular weight excluding hydrogens is 287 g/mol. The van der Waals surface area contributed by atoms with Crippen LogP contribution in [0.2, 0.25) is 10.0 Å². The number of rotatable bonds is 4. The Morgan fingerprint density at radius 3 is 2.53 bits per heavy atom. The van der Waals surface area contributed by atoms with Crippen LogP contribution in [-0.4, -0.2) is 24.4 Å². The molecule has 2 rings (SSSR count). The first-order chi connectivity index (χ1) is 8.97. The summed E-state index contributed by atoms with van der Waals surface area (Å²) in [5.41, 5.74) is 0.563. The molecule has 1 aromatic rings. The number of nitrogens with zero attached hydrogens (tertiary/aromatic N) is 1. The van der Waals surface area contributed by atoms with Gasteiger partial charge in [-0.1, -0.05) is 23.2 Å². The second kappa shape index (κ2) is 5.80. The van der Waals surface area contributed by atoms with Gasteiger partial charge in [0.15, 0.2) is 0 Å². The number of hydrogen-bond acceptors (Lipinski definition) is 2. The standard InChI is InChI=1S/C13H14Cl2N2O2/c1-8(18)17(7-13(19)16-9-2-3-9)10-4-5-11(14)12(15)6-10/h4-6,9H,2-3,7H2,1H3,(H,16,19). The largest absolute Gasteiger partial charge is 0.352 e. The molecule has 0 unspecified atom stereocenters. The zero-order valence-electron chi connectivity index (χ0n) is 10.5. The van der Waals surface area contributed by atoms with Gasteiger partial charge in [-0.2, -0.15) is 0 Å². The van der Waals surface area contributed by atoms with Crippen molar-refractivity contribution in [2.75, 3.05) is 11.4 Å². The summed E-state index contributed by atoms with van der Waals surface area (Å²) in [6.45, 7) is 1.40. The maximum absolute atomic E-state index is 11.8. The van der Waals surface area contributed by atoms with E-state index in [9.17, 15) is 9.59 Å². The zero-order valence-corrected chi connectivity index (χ0v) is 12.0. The van der Waals surface area contributed by atoms with E-state index in [4.69, 9.17) is 23.2 Å². The van der Waals surface area contributed by atoms with Crippen molar-refractivity contribution in [3.05, 3.63) is 28.2 Å². The minimum Gasteiger partial charge on any atom is -0.352 e. The average molecular weight is 301 g/mol. The zero-order chi connectivity index (χ0) is 14.0. The van der Waals surface area contributed by atoms with Crippen molar-refractivity contribution in [1.82, 2.24) is 5.32 Å². The van der Waals surface area contributed by atoms with Crippen LogP contribution in [0.3, 0.4) is 0 Å². The third kappa shape index (κ3) is 3.85. The van der Waals surface area contributed by atoms with E-state index in [1.54, 1.807) is 18.2 Å². The van der Waals surface area contributed by atoms with Crippen LogP contribution in [0.5, 0.6) is 0 Å². The molecule has 0 aliphatic heterocycles. The second-order valence-corrected chi connectivity index (χ2v) is 5.36. The first-order valence-corrected chi connectivity index (χ1v) is 6.75. The fourth-order valence-electron chi connectivity index (χ4n) is 1.68. The number of amides is 2. The molecule has 1 saturated carbocycles. The van der Waals surface area contributed by atoms with Gasteiger partial charge in [-0.3, -0.25) is 9.59 Å². The summed E-state index contributed by atoms with van der Waals surface area (Å²) in [7, 11) is 0. The van der Waals surface area contributed by atoms with Crippen LogP contribution in [0.15, 0.2) is 18.2 Å². The van der Waals surface area contributed by atoms with E-state index >= 15 is 0 Å². The summed E-state index contributed by atoms with van der Waals surface area (Å²) in [6.07, 6.45) is 2.02. The highest BCUT2D eigenvalue weighted by Crippen LogP contribution is 2.27. The summed E-state index contributed by atoms with van der Waals surface area (Å²) >= 11 is 11.8. The number of nitrogens with one attached hydrogen (secondary N) is 1. The minimum atomic E-state index is -0.218. The molecule has 1 N–H and O–H groups in total. The quantitative estimate of drug-likeness (QED) is 0.929. The number of hydrogen-bond donors (Lipinski definition) is 1. The van der Waals surface area contributed by atoms with Crippen LogP contribution in [0.1, 0.15) is 19.8 Å². The molecule has 102 valence electrons. The Labute approximate surface area is 121 Å². The van der Waals surface area contributed by atoms with Gasteiger partial charge in [0.1, 0.15) is 6.54 Å². The third-order valence-electron chi connectivity index (χ3n) is 2.84. The monoisotopic (exact) mass is 300 g/mol. The Balaban J connectivity index is 2.11. The fourth-order valence-corrected chi connectivity index (χ4v) is 1.97. The maximum Gasteiger partial charge on any atom is 0.240 e. The van der Waals surface area contributed by atoms with Gasteiger partial charge in [-0.15, -0.1) is 0 Å². The molecule has 0 spiro atoms. The lowest BCUT2D eigenvalue weighted by atomic mass is 10.2. The van der Waals surface area contributed by atoms with E-state index in [0.717, 1.165) is 12.8 Å². The van der Waals surface area contributed by atoms with Gasteiger partial charge in [0.25, 0.3) is 0 Å². The summed E-state index contributed by atoms with van der Waals surface area (Å²) < 4.78 is 0. The van der Waals surface area contributed by atoms with Gasteiger partial charge in [0, 0.05) is 18.7 Å². The van der Waals surface area contributed by atoms with Crippen LogP contribution in [0.4, 0.5) is 5.69 Å². The first-order valence-electron chi connectivity index (χ1n) is 6.00. The summed E-state index contributed by atoms with van der Waals surface area (Å²) in [6, 6.07) is 5.12. The van der Waals surface area contributed by atoms with Crippen LogP contribution < -0.4 is 10.2 Å². The van der Waals surface area contributed by atoms with E-state index in [0.29, 0.717) is 15.7 Å². The first kappa shape index (κ1) is 14.2. The number of carbonyl (C=O) groups is 2. The number of carbonyl (C=O) groups excluding carboxylic acids is 2. The Morgan fingerprint density at radius 1 is 1.32 bits per heavy atom. The smallest absolute Gasteiger partial charge is 0.240 e. The van der Waals surface area contributed by atoms with Gasteiger partial charge in [-0.25, -0.2) is 0 Å². The highest BCUT2D eigenvalue weighted by molar-refractivity contribution is 6.42. The SMILES string of the molecule is CC(=O)N(CC(=O)NC1CC1)c1ccc(Cl)c(Cl)c1. The van der Waals surface area contributed by atoms with E-state index in [1.165, 1.54) is 11.8 Å². The van der Waals surface area contributed by atoms with Gasteiger partial charge in [0.05, 0.1) is 10.0 Å². The molecule has 0 aromatic heterocycles. The molecule has 1 aliphatic carbocycles. The molecule has 0 radical (unpaired) electrons. The Morgan fingerprint density at radius 2 is 2.00 bits per heavy atom. The van der Waals surface area contributed by atoms with Crippen molar-refractivity contribution in [3.63, 3.8) is 0 Å². The number of halogens is 2. The Hall–Kier alpha value is -1.26. The lowest BCUT2D eigenvalue weighted by molar-refractivity contribution is -0.123. The summed E-state index contributed by atoms with van der Waals surface area (Å²) in [4.78, 5) is 24.8. The molecule has 0 atom stereocenters. The molecule has 6 heteroatoms. The highest BCUT2D eigenvalue weighted by atomic mass is 35.5. The van der Waals surface area contributed by atoms with Crippen molar-refractivity contribution in [2.24, 2.45) is 0 Å². The van der Waals surface area contributed by atoms with E-state index in [1.807, 2.05) is 0 Å². The predicted molar refractivity (Wildman–Crippen MR) is 75.7 cm³/mol. The summed E-state index contributed by atoms with van der Waals surface area (Å²) in [5, 5.41) is 3.61. The molecule has 1 aliphatic rings. The highest BCUT2D eigenvalue weighted by Gasteiger charge is 2.25. The average Bonchev–Trinajstić information content (AvgIpc) is 3.13. The normalized spacial score (nSPS) is 14.1. The van der Waals surface area contributed by atoms with Crippen LogP contribution in [0.25, 0.3) is 0 Å². The Bertz CT molecular complexity index is 515. The lowest BCUT2D eigenvalue weighted by Gasteiger charge is -2.21. The fraction of sp³-hybridized carbons (Fsp3) is 0.385. The molecular formula is C13H14Cl2N2O2. The van der Waals surface area contributed by atoms with Crippen molar-refractivity contribution in [2.45, 2.75) is 25.8 Å². The van der Waals surface area contributed by atoms with Crippen molar-refractivity contribution in [3.8, 4) is 0 Å². The molecule has 19 heavy (non-hydrogen) atoms. The minimum absolute atomic E-state index is 0.0101. The molecule has 0 saturated heterocycles. The van der Waals surface area contributed by atoms with E-state index in [2.05, 4.69) is 5.32 Å². The molecule has 1 aromatic carbocycles. The molecule has 0 heterocycles. The number of anilines is 1. The molecule has 4 nitrogen and oxygen atoms in total.